The average molecular weight is 322 g/mol. The number of carbonyl (C=O) groups is 2. The third-order valence-corrected chi connectivity index (χ3v) is 5.13. The van der Waals surface area contributed by atoms with Crippen LogP contribution in [-0.2, 0) is 4.79 Å². The molecule has 1 fully saturated rings. The van der Waals surface area contributed by atoms with Crippen LogP contribution in [0.25, 0.3) is 0 Å². The number of piperidine rings is 1. The maximum Gasteiger partial charge on any atom is 0.263 e. The summed E-state index contributed by atoms with van der Waals surface area (Å²) in [5.41, 5.74) is 0. The third-order valence-electron chi connectivity index (χ3n) is 4.14. The van der Waals surface area contributed by atoms with Gasteiger partial charge >= 0.3 is 0 Å². The zero-order valence-corrected chi connectivity index (χ0v) is 14.5. The van der Waals surface area contributed by atoms with Crippen LogP contribution in [-0.4, -0.2) is 35.8 Å². The summed E-state index contributed by atoms with van der Waals surface area (Å²) >= 11 is 1.52. The van der Waals surface area contributed by atoms with E-state index in [-0.39, 0.29) is 23.8 Å². The Balaban J connectivity index is 1.93. The number of nitrogens with one attached hydrogen (secondary N) is 1. The van der Waals surface area contributed by atoms with Crippen LogP contribution in [0.1, 0.15) is 54.1 Å². The van der Waals surface area contributed by atoms with E-state index in [1.54, 1.807) is 0 Å². The highest BCUT2D eigenvalue weighted by Crippen LogP contribution is 2.22. The summed E-state index contributed by atoms with van der Waals surface area (Å²) in [6.45, 7) is 7.46. The van der Waals surface area contributed by atoms with E-state index in [0.29, 0.717) is 6.54 Å². The van der Waals surface area contributed by atoms with Crippen molar-refractivity contribution in [1.82, 2.24) is 10.2 Å². The molecular formula is C17H26N2O2S. The second kappa shape index (κ2) is 7.77. The molecule has 1 aliphatic heterocycles. The number of nitrogens with zero attached hydrogens (tertiary/aromatic N) is 1. The molecule has 1 aliphatic rings. The predicted octanol–water partition coefficient (Wildman–Crippen LogP) is 3.21. The van der Waals surface area contributed by atoms with Crippen LogP contribution >= 0.6 is 11.3 Å². The van der Waals surface area contributed by atoms with E-state index in [9.17, 15) is 9.59 Å². The van der Waals surface area contributed by atoms with Crippen LogP contribution in [0, 0.1) is 12.8 Å². The minimum Gasteiger partial charge on any atom is -0.353 e. The van der Waals surface area contributed by atoms with E-state index >= 15 is 0 Å². The van der Waals surface area contributed by atoms with Crippen molar-refractivity contribution in [3.05, 3.63) is 21.9 Å². The van der Waals surface area contributed by atoms with E-state index in [1.165, 1.54) is 11.3 Å². The molecule has 2 rings (SSSR count). The van der Waals surface area contributed by atoms with Crippen molar-refractivity contribution >= 4 is 23.2 Å². The molecule has 122 valence electrons. The molecule has 0 saturated carbocycles. The molecular weight excluding hydrogens is 296 g/mol. The summed E-state index contributed by atoms with van der Waals surface area (Å²) in [6, 6.07) is 4.07. The Morgan fingerprint density at radius 3 is 2.86 bits per heavy atom. The first kappa shape index (κ1) is 17.0. The van der Waals surface area contributed by atoms with E-state index in [1.807, 2.05) is 30.9 Å². The molecule has 0 bridgehead atoms. The lowest BCUT2D eigenvalue weighted by atomic mass is 9.96. The van der Waals surface area contributed by atoms with Gasteiger partial charge in [0.25, 0.3) is 5.91 Å². The Kier molecular flexibility index (Phi) is 6.00. The van der Waals surface area contributed by atoms with E-state index in [2.05, 4.69) is 12.2 Å². The molecule has 0 spiro atoms. The monoisotopic (exact) mass is 322 g/mol. The molecule has 1 aromatic heterocycles. The number of likely N-dealkylation sites (tertiary alicyclic amines) is 1. The van der Waals surface area contributed by atoms with E-state index in [0.717, 1.165) is 42.0 Å². The number of amides is 2. The highest BCUT2D eigenvalue weighted by molar-refractivity contribution is 7.13. The average Bonchev–Trinajstić information content (AvgIpc) is 2.93. The van der Waals surface area contributed by atoms with Gasteiger partial charge in [-0.05, 0) is 45.2 Å². The summed E-state index contributed by atoms with van der Waals surface area (Å²) in [4.78, 5) is 28.6. The van der Waals surface area contributed by atoms with Gasteiger partial charge in [-0.15, -0.1) is 11.3 Å². The second-order valence-electron chi connectivity index (χ2n) is 6.20. The summed E-state index contributed by atoms with van der Waals surface area (Å²) in [5.74, 6) is 0.0936. The largest absolute Gasteiger partial charge is 0.353 e. The smallest absolute Gasteiger partial charge is 0.263 e. The standard InChI is InChI=1S/C17H26N2O2S/c1-4-6-12(2)18-16(20)14-7-5-10-19(11-14)17(21)15-9-8-13(3)22-15/h8-9,12,14H,4-7,10-11H2,1-3H3,(H,18,20)/t12-,14+/m0/s1. The highest BCUT2D eigenvalue weighted by Gasteiger charge is 2.29. The minimum absolute atomic E-state index is 0.0669. The Morgan fingerprint density at radius 1 is 1.45 bits per heavy atom. The Labute approximate surface area is 136 Å². The lowest BCUT2D eigenvalue weighted by molar-refractivity contribution is -0.127. The molecule has 0 aliphatic carbocycles. The lowest BCUT2D eigenvalue weighted by Crippen LogP contribution is -2.47. The maximum atomic E-state index is 12.5. The van der Waals surface area contributed by atoms with Gasteiger partial charge in [0.05, 0.1) is 10.8 Å². The molecule has 1 aromatic rings. The van der Waals surface area contributed by atoms with Crippen molar-refractivity contribution in [2.45, 2.75) is 52.5 Å². The molecule has 1 N–H and O–H groups in total. The quantitative estimate of drug-likeness (QED) is 0.905. The number of hydrogen-bond acceptors (Lipinski definition) is 3. The number of carbonyl (C=O) groups excluding carboxylic acids is 2. The summed E-state index contributed by atoms with van der Waals surface area (Å²) in [7, 11) is 0. The SMILES string of the molecule is CCC[C@H](C)NC(=O)[C@@H]1CCCN(C(=O)c2ccc(C)s2)C1. The number of rotatable bonds is 5. The number of hydrogen-bond donors (Lipinski definition) is 1. The Morgan fingerprint density at radius 2 is 2.23 bits per heavy atom. The first-order valence-corrected chi connectivity index (χ1v) is 8.99. The van der Waals surface area contributed by atoms with Crippen molar-refractivity contribution in [3.8, 4) is 0 Å². The Hall–Kier alpha value is -1.36. The number of thiophene rings is 1. The van der Waals surface area contributed by atoms with Crippen molar-refractivity contribution in [2.75, 3.05) is 13.1 Å². The summed E-state index contributed by atoms with van der Waals surface area (Å²) in [5, 5.41) is 3.08. The molecule has 22 heavy (non-hydrogen) atoms. The first-order valence-electron chi connectivity index (χ1n) is 8.17. The normalized spacial score (nSPS) is 19.8. The van der Waals surface area contributed by atoms with E-state index < -0.39 is 0 Å². The fourth-order valence-corrected chi connectivity index (χ4v) is 3.78. The van der Waals surface area contributed by atoms with Crippen LogP contribution in [0.4, 0.5) is 0 Å². The van der Waals surface area contributed by atoms with Crippen molar-refractivity contribution in [1.29, 1.82) is 0 Å². The first-order chi connectivity index (χ1) is 10.5. The third kappa shape index (κ3) is 4.32. The van der Waals surface area contributed by atoms with Gasteiger partial charge in [-0.3, -0.25) is 9.59 Å². The minimum atomic E-state index is -0.0712. The molecule has 4 nitrogen and oxygen atoms in total. The van der Waals surface area contributed by atoms with Crippen molar-refractivity contribution < 1.29 is 9.59 Å². The Bertz CT molecular complexity index is 526. The molecule has 0 unspecified atom stereocenters. The van der Waals surface area contributed by atoms with Gasteiger partial charge in [0.15, 0.2) is 0 Å². The second-order valence-corrected chi connectivity index (χ2v) is 7.49. The fraction of sp³-hybridized carbons (Fsp3) is 0.647. The zero-order valence-electron chi connectivity index (χ0n) is 13.7. The van der Waals surface area contributed by atoms with Gasteiger partial charge in [-0.1, -0.05) is 13.3 Å². The topological polar surface area (TPSA) is 49.4 Å². The van der Waals surface area contributed by atoms with Crippen molar-refractivity contribution in [3.63, 3.8) is 0 Å². The van der Waals surface area contributed by atoms with Crippen molar-refractivity contribution in [2.24, 2.45) is 5.92 Å². The summed E-state index contributed by atoms with van der Waals surface area (Å²) in [6.07, 6.45) is 3.83. The molecule has 1 saturated heterocycles. The van der Waals surface area contributed by atoms with Crippen LogP contribution < -0.4 is 5.32 Å². The predicted molar refractivity (Wildman–Crippen MR) is 90.2 cm³/mol. The highest BCUT2D eigenvalue weighted by atomic mass is 32.1. The number of aryl methyl sites for hydroxylation is 1. The molecule has 2 atom stereocenters. The maximum absolute atomic E-state index is 12.5. The van der Waals surface area contributed by atoms with Gasteiger partial charge in [0.1, 0.15) is 0 Å². The van der Waals surface area contributed by atoms with Crippen LogP contribution in [0.5, 0.6) is 0 Å². The van der Waals surface area contributed by atoms with Gasteiger partial charge < -0.3 is 10.2 Å². The zero-order chi connectivity index (χ0) is 16.1. The molecule has 5 heteroatoms. The van der Waals surface area contributed by atoms with Gasteiger partial charge in [-0.25, -0.2) is 0 Å². The van der Waals surface area contributed by atoms with Crippen LogP contribution in [0.2, 0.25) is 0 Å². The fourth-order valence-electron chi connectivity index (χ4n) is 2.95. The molecule has 2 heterocycles. The van der Waals surface area contributed by atoms with Gasteiger partial charge in [0, 0.05) is 24.0 Å². The van der Waals surface area contributed by atoms with Gasteiger partial charge in [-0.2, -0.15) is 0 Å². The van der Waals surface area contributed by atoms with Crippen LogP contribution in [0.15, 0.2) is 12.1 Å². The molecule has 0 radical (unpaired) electrons. The lowest BCUT2D eigenvalue weighted by Gasteiger charge is -2.32. The molecule has 0 aromatic carbocycles. The van der Waals surface area contributed by atoms with Crippen LogP contribution in [0.3, 0.4) is 0 Å². The van der Waals surface area contributed by atoms with Gasteiger partial charge in [0.2, 0.25) is 5.91 Å². The summed E-state index contributed by atoms with van der Waals surface area (Å²) < 4.78 is 0. The van der Waals surface area contributed by atoms with E-state index in [4.69, 9.17) is 0 Å². The molecule has 2 amide bonds.